The molecule has 0 aromatic carbocycles. The third kappa shape index (κ3) is 7.92. The van der Waals surface area contributed by atoms with E-state index in [1.807, 2.05) is 32.2 Å². The molecule has 0 aliphatic carbocycles. The Bertz CT molecular complexity index is 878. The minimum Gasteiger partial charge on any atom is -0.688 e. The summed E-state index contributed by atoms with van der Waals surface area (Å²) >= 11 is -0.860. The highest BCUT2D eigenvalue weighted by molar-refractivity contribution is 7.93. The van der Waals surface area contributed by atoms with Crippen LogP contribution in [0.5, 0.6) is 0 Å². The molecular weight excluding hydrogens is 470 g/mol. The number of nitrogens with zero attached hydrogens (tertiary/aromatic N) is 1. The maximum Gasteiger partial charge on any atom is 0.309 e. The molecule has 1 aromatic heterocycles. The number of aliphatic hydroxyl groups is 2. The number of allylic oxidation sites excluding steroid dienone is 1. The maximum atomic E-state index is 13.4. The van der Waals surface area contributed by atoms with Crippen LogP contribution in [0.15, 0.2) is 22.6 Å². The van der Waals surface area contributed by atoms with Gasteiger partial charge in [-0.25, -0.2) is 4.98 Å². The Morgan fingerprint density at radius 1 is 1.32 bits per heavy atom. The number of carbonyl (C=O) groups excluding carboxylic acids is 1. The number of ether oxygens (including phenoxy) is 1. The summed E-state index contributed by atoms with van der Waals surface area (Å²) in [4.78, 5) is 17.3. The zero-order chi connectivity index (χ0) is 25.6. The topological polar surface area (TPSA) is 103 Å². The molecule has 194 valence electrons. The summed E-state index contributed by atoms with van der Waals surface area (Å²) in [7, 11) is 0. The third-order valence-electron chi connectivity index (χ3n) is 7.04. The summed E-state index contributed by atoms with van der Waals surface area (Å²) in [6.45, 7) is 13.1. The predicted molar refractivity (Wildman–Crippen MR) is 143 cm³/mol. The average Bonchev–Trinajstić information content (AvgIpc) is 3.18. The number of hydrogen-bond donors (Lipinski definition) is 2. The highest BCUT2D eigenvalue weighted by Crippen LogP contribution is 2.32. The Morgan fingerprint density at radius 2 is 2.00 bits per heavy atom. The molecule has 3 unspecified atom stereocenters. The van der Waals surface area contributed by atoms with Crippen LogP contribution in [0.4, 0.5) is 0 Å². The molecule has 0 saturated heterocycles. The molecule has 2 N–H and O–H groups in total. The molecule has 8 heteroatoms. The van der Waals surface area contributed by atoms with Crippen LogP contribution < -0.4 is 0 Å². The van der Waals surface area contributed by atoms with Gasteiger partial charge in [0.2, 0.25) is 0 Å². The molecule has 0 amide bonds. The van der Waals surface area contributed by atoms with Gasteiger partial charge in [0, 0.05) is 11.8 Å². The summed E-state index contributed by atoms with van der Waals surface area (Å²) in [5.74, 6) is -0.524. The Morgan fingerprint density at radius 3 is 2.62 bits per heavy atom. The van der Waals surface area contributed by atoms with E-state index in [2.05, 4.69) is 18.0 Å². The molecule has 2 heterocycles. The van der Waals surface area contributed by atoms with Gasteiger partial charge in [-0.1, -0.05) is 18.6 Å². The fourth-order valence-corrected chi connectivity index (χ4v) is 7.22. The molecule has 5 atom stereocenters. The van der Waals surface area contributed by atoms with Gasteiger partial charge in [-0.2, -0.15) is 0 Å². The Labute approximate surface area is 211 Å². The maximum absolute atomic E-state index is 13.4. The molecule has 0 fully saturated rings. The highest BCUT2D eigenvalue weighted by Gasteiger charge is 2.40. The van der Waals surface area contributed by atoms with Gasteiger partial charge in [0.1, 0.15) is 12.2 Å². The molecule has 1 aliphatic rings. The summed E-state index contributed by atoms with van der Waals surface area (Å²) in [5, 5.41) is 24.2. The zero-order valence-corrected chi connectivity index (χ0v) is 23.4. The van der Waals surface area contributed by atoms with Gasteiger partial charge < -0.3 is 30.7 Å². The van der Waals surface area contributed by atoms with Crippen molar-refractivity contribution in [1.29, 1.82) is 0 Å². The monoisotopic (exact) mass is 513 g/mol. The van der Waals surface area contributed by atoms with Gasteiger partial charge >= 0.3 is 5.97 Å². The first-order valence-corrected chi connectivity index (χ1v) is 14.5. The van der Waals surface area contributed by atoms with E-state index in [1.165, 1.54) is 5.57 Å². The van der Waals surface area contributed by atoms with Crippen molar-refractivity contribution in [3.05, 3.63) is 33.3 Å². The number of aromatic nitrogens is 1. The lowest BCUT2D eigenvalue weighted by molar-refractivity contribution is -0.149. The lowest BCUT2D eigenvalue weighted by atomic mass is 9.94. The molecule has 0 spiro atoms. The molecule has 0 bridgehead atoms. The van der Waals surface area contributed by atoms with E-state index < -0.39 is 45.5 Å². The first kappa shape index (κ1) is 29.0. The number of rotatable bonds is 2. The number of carbonyl (C=O) groups is 1. The molecule has 2 rings (SSSR count). The van der Waals surface area contributed by atoms with E-state index >= 15 is 0 Å². The normalized spacial score (nSPS) is 33.2. The first-order valence-electron chi connectivity index (χ1n) is 12.2. The summed E-state index contributed by atoms with van der Waals surface area (Å²) in [6, 6.07) is 0. The minimum atomic E-state index is -2.43. The molecule has 1 aliphatic heterocycles. The van der Waals surface area contributed by atoms with E-state index in [9.17, 15) is 19.6 Å². The fraction of sp³-hybridized carbons (Fsp3) is 0.692. The van der Waals surface area contributed by atoms with Crippen molar-refractivity contribution in [1.82, 2.24) is 4.98 Å². The highest BCUT2D eigenvalue weighted by atomic mass is 32.2. The van der Waals surface area contributed by atoms with E-state index in [0.29, 0.717) is 6.42 Å². The van der Waals surface area contributed by atoms with Gasteiger partial charge in [-0.15, -0.1) is 11.3 Å². The van der Waals surface area contributed by atoms with Crippen molar-refractivity contribution in [3.63, 3.8) is 0 Å². The van der Waals surface area contributed by atoms with Crippen molar-refractivity contribution in [2.75, 3.05) is 0 Å². The second kappa shape index (κ2) is 12.7. The number of aryl methyl sites for hydroxylation is 1. The Hall–Kier alpha value is -1.19. The van der Waals surface area contributed by atoms with Crippen LogP contribution in [-0.2, 0) is 20.7 Å². The Balaban J connectivity index is 2.32. The third-order valence-corrected chi connectivity index (χ3v) is 10.6. The summed E-state index contributed by atoms with van der Waals surface area (Å²) in [5.41, 5.74) is 2.93. The number of esters is 1. The second-order valence-corrected chi connectivity index (χ2v) is 14.4. The fourth-order valence-electron chi connectivity index (χ4n) is 4.40. The van der Waals surface area contributed by atoms with Crippen molar-refractivity contribution < 1.29 is 24.3 Å². The van der Waals surface area contributed by atoms with Crippen LogP contribution in [0.25, 0.3) is 6.08 Å². The van der Waals surface area contributed by atoms with Crippen LogP contribution in [0.1, 0.15) is 84.3 Å². The molecular formula is C26H43NO5S2. The summed E-state index contributed by atoms with van der Waals surface area (Å²) in [6.07, 6.45) is 4.65. The van der Waals surface area contributed by atoms with Gasteiger partial charge in [0.15, 0.2) is 0 Å². The summed E-state index contributed by atoms with van der Waals surface area (Å²) < 4.78 is 18.2. The van der Waals surface area contributed by atoms with E-state index in [0.717, 1.165) is 35.5 Å². The standard InChI is InChI=1S/C26H43NO5S2/c1-16-9-8-10-17(2)25(30)19(4)34(31)26(6,7)23(28)14-24(29)32-22(12-11-16)18(3)13-21-15-33-20(5)27-21/h11,13,15,17,19,22-23,25,28,30H,8-10,12,14,34H2,1-7H3/b16-11-,18-13+/t17-,19?,22-,23?,25?/m0/s1. The lowest BCUT2D eigenvalue weighted by Crippen LogP contribution is -2.52. The quantitative estimate of drug-likeness (QED) is 0.345. The molecule has 1 aromatic rings. The van der Waals surface area contributed by atoms with Gasteiger partial charge in [-0.05, 0) is 78.4 Å². The van der Waals surface area contributed by atoms with Crippen LogP contribution in [0, 0.1) is 12.8 Å². The van der Waals surface area contributed by atoms with Crippen LogP contribution in [0.2, 0.25) is 0 Å². The van der Waals surface area contributed by atoms with Crippen molar-refractivity contribution in [2.45, 2.75) is 109 Å². The first-order chi connectivity index (χ1) is 15.8. The van der Waals surface area contributed by atoms with E-state index in [4.69, 9.17) is 4.74 Å². The lowest BCUT2D eigenvalue weighted by Gasteiger charge is -2.47. The smallest absolute Gasteiger partial charge is 0.309 e. The van der Waals surface area contributed by atoms with Crippen molar-refractivity contribution in [2.24, 2.45) is 5.92 Å². The average molecular weight is 514 g/mol. The van der Waals surface area contributed by atoms with Crippen LogP contribution in [0.3, 0.4) is 0 Å². The number of thiazole rings is 1. The number of hydrogen-bond acceptors (Lipinski definition) is 7. The van der Waals surface area contributed by atoms with Crippen LogP contribution in [-0.4, -0.2) is 54.0 Å². The predicted octanol–water partition coefficient (Wildman–Crippen LogP) is 4.42. The molecule has 34 heavy (non-hydrogen) atoms. The molecule has 0 radical (unpaired) electrons. The van der Waals surface area contributed by atoms with Gasteiger partial charge in [0.25, 0.3) is 0 Å². The minimum absolute atomic E-state index is 0.00191. The van der Waals surface area contributed by atoms with Gasteiger partial charge in [0.05, 0.1) is 33.2 Å². The zero-order valence-electron chi connectivity index (χ0n) is 21.6. The van der Waals surface area contributed by atoms with Crippen LogP contribution >= 0.6 is 11.3 Å². The van der Waals surface area contributed by atoms with Gasteiger partial charge in [-0.3, -0.25) is 4.79 Å². The Kier molecular flexibility index (Phi) is 10.8. The van der Waals surface area contributed by atoms with Crippen molar-refractivity contribution >= 4 is 34.6 Å². The SMILES string of the molecule is C/C1=C/C[C@@H](/C(C)=C/c2csc(C)n2)OC(=O)CC(O)C(C)(C)[SH2+]([O-])C(C)C(O)[C@@H](C)CCC1. The van der Waals surface area contributed by atoms with Crippen molar-refractivity contribution in [3.8, 4) is 0 Å². The second-order valence-electron chi connectivity index (χ2n) is 10.4. The van der Waals surface area contributed by atoms with E-state index in [-0.39, 0.29) is 12.3 Å². The van der Waals surface area contributed by atoms with E-state index in [1.54, 1.807) is 32.1 Å². The molecule has 6 nitrogen and oxygen atoms in total. The number of cyclic esters (lactones) is 1. The number of aliphatic hydroxyl groups excluding tert-OH is 2. The largest absolute Gasteiger partial charge is 0.688 e. The molecule has 0 saturated carbocycles.